The van der Waals surface area contributed by atoms with Gasteiger partial charge < -0.3 is 0 Å². The quantitative estimate of drug-likeness (QED) is 0.372. The zero-order valence-electron chi connectivity index (χ0n) is 16.2. The van der Waals surface area contributed by atoms with Crippen molar-refractivity contribution in [1.82, 2.24) is 0 Å². The van der Waals surface area contributed by atoms with E-state index in [0.29, 0.717) is 0 Å². The molecule has 144 valence electrons. The van der Waals surface area contributed by atoms with Crippen molar-refractivity contribution in [3.63, 3.8) is 0 Å². The van der Waals surface area contributed by atoms with E-state index >= 15 is 0 Å². The van der Waals surface area contributed by atoms with Gasteiger partial charge in [0.15, 0.2) is 0 Å². The van der Waals surface area contributed by atoms with E-state index in [-0.39, 0.29) is 6.10 Å². The molecule has 0 spiro atoms. The SMILES string of the molecule is CCCC[Si](CCCC)(CCCC)[O][Zr]([OH])([OH])[O]C1CCCCC1. The van der Waals surface area contributed by atoms with Crippen LogP contribution < -0.4 is 0 Å². The van der Waals surface area contributed by atoms with E-state index in [0.717, 1.165) is 82.3 Å². The number of unbranched alkanes of at least 4 members (excludes halogenated alkanes) is 3. The molecule has 24 heavy (non-hydrogen) atoms. The zero-order chi connectivity index (χ0) is 17.9. The normalized spacial score (nSPS) is 17.4. The summed E-state index contributed by atoms with van der Waals surface area (Å²) in [5, 5.41) is 0. The predicted molar refractivity (Wildman–Crippen MR) is 98.4 cm³/mol. The summed E-state index contributed by atoms with van der Waals surface area (Å²) >= 11 is -4.84. The molecule has 0 unspecified atom stereocenters. The molecule has 0 heterocycles. The summed E-state index contributed by atoms with van der Waals surface area (Å²) in [5.41, 5.74) is 0. The van der Waals surface area contributed by atoms with Crippen LogP contribution in [0.25, 0.3) is 0 Å². The Hall–Kier alpha value is 0.940. The van der Waals surface area contributed by atoms with Crippen LogP contribution in [0.5, 0.6) is 0 Å². The van der Waals surface area contributed by atoms with Gasteiger partial charge in [-0.05, 0) is 0 Å². The molecule has 0 radical (unpaired) electrons. The van der Waals surface area contributed by atoms with Gasteiger partial charge in [0, 0.05) is 0 Å². The Morgan fingerprint density at radius 1 is 0.833 bits per heavy atom. The van der Waals surface area contributed by atoms with E-state index in [1.54, 1.807) is 0 Å². The Labute approximate surface area is 157 Å². The molecule has 6 heteroatoms. The van der Waals surface area contributed by atoms with E-state index in [2.05, 4.69) is 20.8 Å². The monoisotopic (exact) mass is 438 g/mol. The van der Waals surface area contributed by atoms with Gasteiger partial charge in [-0.25, -0.2) is 0 Å². The molecule has 1 saturated carbocycles. The maximum atomic E-state index is 10.7. The van der Waals surface area contributed by atoms with E-state index in [1.807, 2.05) is 0 Å². The summed E-state index contributed by atoms with van der Waals surface area (Å²) < 4.78 is 33.4. The molecule has 0 aromatic carbocycles. The Balaban J connectivity index is 2.76. The van der Waals surface area contributed by atoms with Gasteiger partial charge in [0.25, 0.3) is 0 Å². The number of hydrogen-bond donors (Lipinski definition) is 2. The maximum absolute atomic E-state index is 10.7. The fraction of sp³-hybridized carbons (Fsp3) is 1.00. The molecule has 0 aromatic rings. The third-order valence-corrected chi connectivity index (χ3v) is 16.4. The van der Waals surface area contributed by atoms with Gasteiger partial charge in [0.2, 0.25) is 0 Å². The van der Waals surface area contributed by atoms with Crippen LogP contribution in [-0.2, 0) is 27.3 Å². The van der Waals surface area contributed by atoms with Crippen LogP contribution in [0.1, 0.15) is 91.4 Å². The number of hydrogen-bond acceptors (Lipinski definition) is 4. The molecule has 1 aliphatic rings. The summed E-state index contributed by atoms with van der Waals surface area (Å²) in [6, 6.07) is 3.16. The second-order valence-electron chi connectivity index (χ2n) is 7.52. The van der Waals surface area contributed by atoms with Crippen molar-refractivity contribution >= 4 is 8.32 Å². The second-order valence-corrected chi connectivity index (χ2v) is 16.4. The first-order chi connectivity index (χ1) is 11.5. The molecule has 0 aromatic heterocycles. The second kappa shape index (κ2) is 12.3. The van der Waals surface area contributed by atoms with Gasteiger partial charge >= 0.3 is 158 Å². The van der Waals surface area contributed by atoms with Crippen LogP contribution in [0, 0.1) is 0 Å². The van der Waals surface area contributed by atoms with Crippen molar-refractivity contribution < 1.29 is 33.7 Å². The van der Waals surface area contributed by atoms with Gasteiger partial charge in [-0.15, -0.1) is 0 Å². The molecule has 0 saturated heterocycles. The van der Waals surface area contributed by atoms with Crippen molar-refractivity contribution in [2.45, 2.75) is 116 Å². The van der Waals surface area contributed by atoms with Gasteiger partial charge in [0.1, 0.15) is 0 Å². The van der Waals surface area contributed by atoms with Crippen LogP contribution in [0.4, 0.5) is 0 Å². The van der Waals surface area contributed by atoms with Crippen LogP contribution in [0.15, 0.2) is 0 Å². The molecule has 0 bridgehead atoms. The minimum absolute atomic E-state index is 0.0137. The van der Waals surface area contributed by atoms with Gasteiger partial charge in [-0.3, -0.25) is 0 Å². The van der Waals surface area contributed by atoms with Crippen molar-refractivity contribution in [3.8, 4) is 0 Å². The predicted octanol–water partition coefficient (Wildman–Crippen LogP) is 5.50. The Bertz CT molecular complexity index is 300. The molecule has 1 fully saturated rings. The van der Waals surface area contributed by atoms with Crippen LogP contribution in [-0.4, -0.2) is 20.8 Å². The molecular weight excluding hydrogens is 400 g/mol. The summed E-state index contributed by atoms with van der Waals surface area (Å²) in [6.45, 7) is 6.60. The topological polar surface area (TPSA) is 58.9 Å². The summed E-state index contributed by atoms with van der Waals surface area (Å²) in [5.74, 6) is 0. The first-order valence-electron chi connectivity index (χ1n) is 10.3. The third kappa shape index (κ3) is 9.05. The van der Waals surface area contributed by atoms with Gasteiger partial charge in [-0.2, -0.15) is 0 Å². The summed E-state index contributed by atoms with van der Waals surface area (Å²) in [4.78, 5) is 0. The average Bonchev–Trinajstić information content (AvgIpc) is 2.56. The van der Waals surface area contributed by atoms with Gasteiger partial charge in [-0.1, -0.05) is 0 Å². The van der Waals surface area contributed by atoms with Crippen molar-refractivity contribution in [3.05, 3.63) is 0 Å². The molecule has 1 aliphatic carbocycles. The van der Waals surface area contributed by atoms with Crippen molar-refractivity contribution in [2.24, 2.45) is 0 Å². The molecule has 0 amide bonds. The third-order valence-electron chi connectivity index (χ3n) is 5.18. The van der Waals surface area contributed by atoms with E-state index < -0.39 is 30.3 Å². The average molecular weight is 440 g/mol. The van der Waals surface area contributed by atoms with Crippen molar-refractivity contribution in [2.75, 3.05) is 0 Å². The van der Waals surface area contributed by atoms with Crippen LogP contribution in [0.3, 0.4) is 0 Å². The summed E-state index contributed by atoms with van der Waals surface area (Å²) in [6.07, 6.45) is 12.2. The van der Waals surface area contributed by atoms with E-state index in [1.165, 1.54) is 6.42 Å². The Morgan fingerprint density at radius 3 is 1.71 bits per heavy atom. The first-order valence-corrected chi connectivity index (χ1v) is 17.0. The van der Waals surface area contributed by atoms with Crippen molar-refractivity contribution in [1.29, 1.82) is 0 Å². The molecule has 1 rings (SSSR count). The first kappa shape index (κ1) is 23.0. The van der Waals surface area contributed by atoms with Crippen LogP contribution >= 0.6 is 0 Å². The molecule has 0 atom stereocenters. The Kier molecular flexibility index (Phi) is 11.8. The van der Waals surface area contributed by atoms with Crippen LogP contribution in [0.2, 0.25) is 18.1 Å². The van der Waals surface area contributed by atoms with Gasteiger partial charge in [0.05, 0.1) is 0 Å². The summed E-state index contributed by atoms with van der Waals surface area (Å²) in [7, 11) is -2.11. The van der Waals surface area contributed by atoms with E-state index in [9.17, 15) is 6.37 Å². The Morgan fingerprint density at radius 2 is 1.29 bits per heavy atom. The fourth-order valence-electron chi connectivity index (χ4n) is 3.73. The molecular formula is C18H40O4SiZr. The molecule has 4 nitrogen and oxygen atoms in total. The van der Waals surface area contributed by atoms with E-state index in [4.69, 9.17) is 5.32 Å². The zero-order valence-corrected chi connectivity index (χ0v) is 19.6. The molecule has 2 N–H and O–H groups in total. The standard InChI is InChI=1S/C12H27OSi.C6H11O.2H2O.Zr/c1-4-7-10-14(13,11-8-5-2)12-9-6-3;7-6-4-2-1-3-5-6;;;/h4-12H2,1-3H3;6H,1-5H2;2*1H2;/q2*-1;;;+4/p-2. The molecule has 0 aliphatic heterocycles. The fourth-order valence-corrected chi connectivity index (χ4v) is 16.8. The minimum atomic E-state index is -4.84. The number of rotatable bonds is 13.